The average molecular weight is 238 g/mol. The number of benzene rings is 1. The highest BCUT2D eigenvalue weighted by atomic mass is 16.5. The van der Waals surface area contributed by atoms with Gasteiger partial charge in [0.05, 0.1) is 25.1 Å². The van der Waals surface area contributed by atoms with Gasteiger partial charge < -0.3 is 20.5 Å². The smallest absolute Gasteiger partial charge is 0.121 e. The highest BCUT2D eigenvalue weighted by molar-refractivity contribution is 5.68. The number of hydrogen-bond acceptors (Lipinski definition) is 4. The summed E-state index contributed by atoms with van der Waals surface area (Å²) in [5, 5.41) is 3.39. The van der Waals surface area contributed by atoms with E-state index in [1.165, 1.54) is 0 Å². The normalized spacial score (nSPS) is 12.2. The minimum absolute atomic E-state index is 0.277. The largest absolute Gasteiger partial charge is 0.497 e. The molecule has 0 bridgehead atoms. The lowest BCUT2D eigenvalue weighted by Crippen LogP contribution is -2.25. The van der Waals surface area contributed by atoms with Gasteiger partial charge in [-0.05, 0) is 18.6 Å². The Morgan fingerprint density at radius 1 is 1.35 bits per heavy atom. The molecule has 17 heavy (non-hydrogen) atoms. The first-order valence-electron chi connectivity index (χ1n) is 5.90. The van der Waals surface area contributed by atoms with Crippen molar-refractivity contribution in [1.29, 1.82) is 0 Å². The third-order valence-corrected chi connectivity index (χ3v) is 2.63. The molecule has 0 heterocycles. The molecule has 4 heteroatoms. The van der Waals surface area contributed by atoms with E-state index in [1.54, 1.807) is 14.2 Å². The summed E-state index contributed by atoms with van der Waals surface area (Å²) in [5.41, 5.74) is 7.55. The minimum atomic E-state index is 0.277. The zero-order valence-electron chi connectivity index (χ0n) is 10.8. The van der Waals surface area contributed by atoms with Gasteiger partial charge in [-0.1, -0.05) is 13.3 Å². The van der Waals surface area contributed by atoms with E-state index in [0.29, 0.717) is 6.61 Å². The van der Waals surface area contributed by atoms with Crippen molar-refractivity contribution in [3.05, 3.63) is 18.2 Å². The predicted octanol–water partition coefficient (Wildman–Crippen LogP) is 2.50. The second-order valence-corrected chi connectivity index (χ2v) is 4.04. The van der Waals surface area contributed by atoms with Crippen molar-refractivity contribution >= 4 is 11.4 Å². The fourth-order valence-corrected chi connectivity index (χ4v) is 1.75. The quantitative estimate of drug-likeness (QED) is 0.717. The molecule has 1 aromatic rings. The molecule has 0 amide bonds. The van der Waals surface area contributed by atoms with E-state index >= 15 is 0 Å². The SMILES string of the molecule is CCCC(COC)Nc1cc(OC)ccc1N. The molecule has 0 radical (unpaired) electrons. The van der Waals surface area contributed by atoms with Crippen LogP contribution in [-0.2, 0) is 4.74 Å². The minimum Gasteiger partial charge on any atom is -0.497 e. The number of nitrogens with two attached hydrogens (primary N) is 1. The zero-order chi connectivity index (χ0) is 12.7. The Labute approximate surface area is 103 Å². The average Bonchev–Trinajstić information content (AvgIpc) is 2.32. The van der Waals surface area contributed by atoms with E-state index in [4.69, 9.17) is 15.2 Å². The number of rotatable bonds is 7. The Hall–Kier alpha value is -1.42. The number of anilines is 2. The first kappa shape index (κ1) is 13.6. The first-order chi connectivity index (χ1) is 8.21. The van der Waals surface area contributed by atoms with Crippen molar-refractivity contribution in [1.82, 2.24) is 0 Å². The van der Waals surface area contributed by atoms with Gasteiger partial charge >= 0.3 is 0 Å². The van der Waals surface area contributed by atoms with Crippen LogP contribution in [0.15, 0.2) is 18.2 Å². The van der Waals surface area contributed by atoms with E-state index in [1.807, 2.05) is 18.2 Å². The molecule has 1 atom stereocenters. The molecule has 0 aliphatic heterocycles. The van der Waals surface area contributed by atoms with Crippen LogP contribution in [0.4, 0.5) is 11.4 Å². The second-order valence-electron chi connectivity index (χ2n) is 4.04. The van der Waals surface area contributed by atoms with Crippen LogP contribution in [0, 0.1) is 0 Å². The standard InChI is InChI=1S/C13H22N2O2/c1-4-5-10(9-16-2)15-13-8-11(17-3)6-7-12(13)14/h6-8,10,15H,4-5,9,14H2,1-3H3. The van der Waals surface area contributed by atoms with E-state index in [2.05, 4.69) is 12.2 Å². The predicted molar refractivity (Wildman–Crippen MR) is 71.6 cm³/mol. The molecule has 1 aromatic carbocycles. The van der Waals surface area contributed by atoms with Crippen molar-refractivity contribution in [2.24, 2.45) is 0 Å². The van der Waals surface area contributed by atoms with E-state index in [0.717, 1.165) is 30.0 Å². The summed E-state index contributed by atoms with van der Waals surface area (Å²) in [6.45, 7) is 2.82. The maximum absolute atomic E-state index is 5.93. The van der Waals surface area contributed by atoms with Gasteiger partial charge in [-0.25, -0.2) is 0 Å². The van der Waals surface area contributed by atoms with E-state index in [-0.39, 0.29) is 6.04 Å². The third-order valence-electron chi connectivity index (χ3n) is 2.63. The lowest BCUT2D eigenvalue weighted by atomic mass is 10.1. The van der Waals surface area contributed by atoms with E-state index < -0.39 is 0 Å². The Kier molecular flexibility index (Phi) is 5.63. The van der Waals surface area contributed by atoms with E-state index in [9.17, 15) is 0 Å². The molecule has 0 saturated carbocycles. The van der Waals surface area contributed by atoms with Gasteiger partial charge in [0.1, 0.15) is 5.75 Å². The Bertz CT molecular complexity index is 336. The molecule has 0 aliphatic carbocycles. The van der Waals surface area contributed by atoms with Gasteiger partial charge in [0.2, 0.25) is 0 Å². The molecule has 3 N–H and O–H groups in total. The van der Waals surface area contributed by atoms with Gasteiger partial charge in [-0.2, -0.15) is 0 Å². The van der Waals surface area contributed by atoms with Gasteiger partial charge in [-0.15, -0.1) is 0 Å². The monoisotopic (exact) mass is 238 g/mol. The number of ether oxygens (including phenoxy) is 2. The molecule has 0 aromatic heterocycles. The molecular weight excluding hydrogens is 216 g/mol. The molecule has 0 fully saturated rings. The summed E-state index contributed by atoms with van der Waals surface area (Å²) in [5.74, 6) is 0.800. The van der Waals surface area contributed by atoms with Crippen molar-refractivity contribution in [3.8, 4) is 5.75 Å². The third kappa shape index (κ3) is 4.15. The molecule has 0 saturated heterocycles. The lowest BCUT2D eigenvalue weighted by Gasteiger charge is -2.20. The van der Waals surface area contributed by atoms with Crippen LogP contribution in [0.3, 0.4) is 0 Å². The van der Waals surface area contributed by atoms with Crippen LogP contribution < -0.4 is 15.8 Å². The van der Waals surface area contributed by atoms with Crippen LogP contribution in [0.1, 0.15) is 19.8 Å². The molecule has 96 valence electrons. The molecule has 4 nitrogen and oxygen atoms in total. The Morgan fingerprint density at radius 3 is 2.71 bits per heavy atom. The van der Waals surface area contributed by atoms with Crippen LogP contribution in [0.2, 0.25) is 0 Å². The fourth-order valence-electron chi connectivity index (χ4n) is 1.75. The molecule has 0 spiro atoms. The Balaban J connectivity index is 2.76. The number of nitrogens with one attached hydrogen (secondary N) is 1. The van der Waals surface area contributed by atoms with Gasteiger partial charge in [-0.3, -0.25) is 0 Å². The zero-order valence-corrected chi connectivity index (χ0v) is 10.8. The van der Waals surface area contributed by atoms with Crippen LogP contribution in [-0.4, -0.2) is 26.9 Å². The summed E-state index contributed by atoms with van der Waals surface area (Å²) in [7, 11) is 3.35. The van der Waals surface area contributed by atoms with Crippen LogP contribution in [0.5, 0.6) is 5.75 Å². The number of nitrogen functional groups attached to an aromatic ring is 1. The topological polar surface area (TPSA) is 56.5 Å². The number of methoxy groups -OCH3 is 2. The maximum atomic E-state index is 5.93. The van der Waals surface area contributed by atoms with Crippen molar-refractivity contribution in [2.45, 2.75) is 25.8 Å². The summed E-state index contributed by atoms with van der Waals surface area (Å²) < 4.78 is 10.4. The van der Waals surface area contributed by atoms with Crippen molar-refractivity contribution in [3.63, 3.8) is 0 Å². The van der Waals surface area contributed by atoms with Crippen LogP contribution >= 0.6 is 0 Å². The molecule has 0 aliphatic rings. The second kappa shape index (κ2) is 7.01. The molecular formula is C13H22N2O2. The fraction of sp³-hybridized carbons (Fsp3) is 0.538. The Morgan fingerprint density at radius 2 is 2.12 bits per heavy atom. The summed E-state index contributed by atoms with van der Waals surface area (Å²) in [6, 6.07) is 5.88. The number of hydrogen-bond donors (Lipinski definition) is 2. The molecule has 1 rings (SSSR count). The summed E-state index contributed by atoms with van der Waals surface area (Å²) in [6.07, 6.45) is 2.15. The van der Waals surface area contributed by atoms with Gasteiger partial charge in [0.25, 0.3) is 0 Å². The highest BCUT2D eigenvalue weighted by Gasteiger charge is 2.09. The highest BCUT2D eigenvalue weighted by Crippen LogP contribution is 2.25. The van der Waals surface area contributed by atoms with Crippen LogP contribution in [0.25, 0.3) is 0 Å². The van der Waals surface area contributed by atoms with Crippen molar-refractivity contribution in [2.75, 3.05) is 31.9 Å². The summed E-state index contributed by atoms with van der Waals surface area (Å²) >= 11 is 0. The lowest BCUT2D eigenvalue weighted by molar-refractivity contribution is 0.182. The van der Waals surface area contributed by atoms with Crippen molar-refractivity contribution < 1.29 is 9.47 Å². The molecule has 1 unspecified atom stereocenters. The maximum Gasteiger partial charge on any atom is 0.121 e. The summed E-state index contributed by atoms with van der Waals surface area (Å²) in [4.78, 5) is 0. The first-order valence-corrected chi connectivity index (χ1v) is 5.90. The van der Waals surface area contributed by atoms with Gasteiger partial charge in [0.15, 0.2) is 0 Å². The van der Waals surface area contributed by atoms with Gasteiger partial charge in [0, 0.05) is 19.2 Å².